The Bertz CT molecular complexity index is 548. The summed E-state index contributed by atoms with van der Waals surface area (Å²) in [5, 5.41) is 27.1. The summed E-state index contributed by atoms with van der Waals surface area (Å²) in [5.74, 6) is -2.72. The van der Waals surface area contributed by atoms with Crippen LogP contribution in [0, 0.1) is 0 Å². The molecule has 29 heavy (non-hydrogen) atoms. The first-order chi connectivity index (χ1) is 12.0. The number of aliphatic imine (C=N–C) groups is 2. The van der Waals surface area contributed by atoms with Crippen molar-refractivity contribution in [1.29, 1.82) is 0 Å². The number of rotatable bonds is 0. The molecule has 0 bridgehead atoms. The summed E-state index contributed by atoms with van der Waals surface area (Å²) < 4.78 is 0. The Morgan fingerprint density at radius 3 is 0.897 bits per heavy atom. The monoisotopic (exact) mass is 486 g/mol. The molecule has 0 rings (SSSR count). The predicted molar refractivity (Wildman–Crippen MR) is 116 cm³/mol. The third kappa shape index (κ3) is 23.5. The molecule has 0 heterocycles. The fourth-order valence-electron chi connectivity index (χ4n) is 1.63. The minimum atomic E-state index is -1.27. The largest absolute Gasteiger partial charge is 2.00 e. The van der Waals surface area contributed by atoms with Crippen LogP contribution in [-0.4, -0.2) is 91.2 Å². The standard InChI is InChI=1S/2C10H20N2O2.Sr/c2*1-9(2,3)11-7(8(13)14)12-10(4,5)6;/h2*1-6H3,(H,11,12)(H,13,14);/q;;+2/p-2. The normalized spacial score (nSPS) is 13.5. The van der Waals surface area contributed by atoms with Gasteiger partial charge >= 0.3 is 45.5 Å². The SMILES string of the molecule is CC(C)(C)N=C(NC(C)(C)C)C(=O)[O-].CC(C)(C)N=C(NC(C)(C)C)C(=O)[O-].[Sr+2]. The molecule has 8 nitrogen and oxygen atoms in total. The van der Waals surface area contributed by atoms with E-state index in [0.717, 1.165) is 0 Å². The van der Waals surface area contributed by atoms with Gasteiger partial charge in [-0.05, 0) is 83.1 Å². The van der Waals surface area contributed by atoms with Crippen molar-refractivity contribution in [3.8, 4) is 0 Å². The molecule has 0 unspecified atom stereocenters. The molecule has 0 aromatic heterocycles. The van der Waals surface area contributed by atoms with Gasteiger partial charge in [0, 0.05) is 11.1 Å². The Balaban J connectivity index is -0.000000451. The number of carbonyl (C=O) groups is 2. The van der Waals surface area contributed by atoms with Crippen LogP contribution in [-0.2, 0) is 9.59 Å². The van der Waals surface area contributed by atoms with Crippen LogP contribution in [0.25, 0.3) is 0 Å². The minimum Gasteiger partial charge on any atom is -0.542 e. The molecule has 0 aromatic rings. The summed E-state index contributed by atoms with van der Waals surface area (Å²) in [7, 11) is 0. The molecule has 0 fully saturated rings. The first-order valence-electron chi connectivity index (χ1n) is 9.21. The molecule has 0 atom stereocenters. The molecule has 0 amide bonds. The van der Waals surface area contributed by atoms with Gasteiger partial charge in [0.05, 0.1) is 11.1 Å². The second-order valence-corrected chi connectivity index (χ2v) is 10.6. The zero-order chi connectivity index (χ0) is 23.1. The fraction of sp³-hybridized carbons (Fsp3) is 0.800. The van der Waals surface area contributed by atoms with Gasteiger partial charge in [-0.3, -0.25) is 9.98 Å². The molecule has 0 aromatic carbocycles. The molecular formula is C20H38N4O4Sr. The molecule has 0 aliphatic rings. The van der Waals surface area contributed by atoms with E-state index in [9.17, 15) is 19.8 Å². The van der Waals surface area contributed by atoms with Gasteiger partial charge in [0.2, 0.25) is 0 Å². The van der Waals surface area contributed by atoms with E-state index in [0.29, 0.717) is 0 Å². The van der Waals surface area contributed by atoms with Crippen LogP contribution in [0.3, 0.4) is 0 Å². The van der Waals surface area contributed by atoms with Crippen molar-refractivity contribution in [2.24, 2.45) is 9.98 Å². The van der Waals surface area contributed by atoms with Crippen LogP contribution < -0.4 is 20.8 Å². The Morgan fingerprint density at radius 1 is 0.586 bits per heavy atom. The first kappa shape index (κ1) is 33.0. The number of hydrogen-bond donors (Lipinski definition) is 2. The van der Waals surface area contributed by atoms with Gasteiger partial charge in [-0.15, -0.1) is 0 Å². The number of carbonyl (C=O) groups excluding carboxylic acids is 2. The Kier molecular flexibility index (Phi) is 14.0. The zero-order valence-electron chi connectivity index (χ0n) is 20.2. The topological polar surface area (TPSA) is 129 Å². The van der Waals surface area contributed by atoms with Gasteiger partial charge in [0.25, 0.3) is 0 Å². The maximum atomic E-state index is 10.8. The summed E-state index contributed by atoms with van der Waals surface area (Å²) in [6.45, 7) is 22.2. The number of hydrogen-bond acceptors (Lipinski definition) is 6. The van der Waals surface area contributed by atoms with Gasteiger partial charge in [0.1, 0.15) is 23.6 Å². The van der Waals surface area contributed by atoms with Crippen LogP contribution in [0.4, 0.5) is 0 Å². The summed E-state index contributed by atoms with van der Waals surface area (Å²) in [4.78, 5) is 29.6. The van der Waals surface area contributed by atoms with Crippen molar-refractivity contribution in [3.05, 3.63) is 0 Å². The summed E-state index contributed by atoms with van der Waals surface area (Å²) in [6.07, 6.45) is 0. The molecule has 0 saturated carbocycles. The maximum Gasteiger partial charge on any atom is 2.00 e. The summed E-state index contributed by atoms with van der Waals surface area (Å²) in [6, 6.07) is 0. The van der Waals surface area contributed by atoms with Crippen LogP contribution in [0.2, 0.25) is 0 Å². The number of carboxylic acids is 2. The number of nitrogens with zero attached hydrogens (tertiary/aromatic N) is 2. The van der Waals surface area contributed by atoms with Gasteiger partial charge in [-0.25, -0.2) is 0 Å². The predicted octanol–water partition coefficient (Wildman–Crippen LogP) is 0.262. The second kappa shape index (κ2) is 12.3. The zero-order valence-corrected chi connectivity index (χ0v) is 23.7. The molecule has 9 heteroatoms. The van der Waals surface area contributed by atoms with Gasteiger partial charge < -0.3 is 30.4 Å². The molecule has 0 spiro atoms. The van der Waals surface area contributed by atoms with E-state index in [2.05, 4.69) is 20.6 Å². The van der Waals surface area contributed by atoms with Crippen molar-refractivity contribution in [2.45, 2.75) is 105 Å². The van der Waals surface area contributed by atoms with Crippen molar-refractivity contribution >= 4 is 69.1 Å². The van der Waals surface area contributed by atoms with Crippen molar-refractivity contribution in [2.75, 3.05) is 0 Å². The quantitative estimate of drug-likeness (QED) is 0.287. The Morgan fingerprint density at radius 2 is 0.793 bits per heavy atom. The van der Waals surface area contributed by atoms with Gasteiger partial charge in [-0.1, -0.05) is 0 Å². The third-order valence-corrected chi connectivity index (χ3v) is 2.27. The van der Waals surface area contributed by atoms with E-state index in [1.807, 2.05) is 83.1 Å². The van der Waals surface area contributed by atoms with E-state index in [-0.39, 0.29) is 68.2 Å². The Labute approximate surface area is 213 Å². The number of amidine groups is 2. The average molecular weight is 486 g/mol. The molecule has 2 N–H and O–H groups in total. The van der Waals surface area contributed by atoms with Crippen LogP contribution in [0.15, 0.2) is 9.98 Å². The molecule has 164 valence electrons. The molecule has 0 saturated heterocycles. The summed E-state index contributed by atoms with van der Waals surface area (Å²) in [5.41, 5.74) is -1.50. The average Bonchev–Trinajstić information content (AvgIpc) is 2.30. The second-order valence-electron chi connectivity index (χ2n) is 10.6. The van der Waals surface area contributed by atoms with Gasteiger partial charge in [0.15, 0.2) is 0 Å². The fourth-order valence-corrected chi connectivity index (χ4v) is 1.63. The van der Waals surface area contributed by atoms with E-state index in [1.54, 1.807) is 0 Å². The number of carboxylic acid groups (broad SMARTS) is 2. The first-order valence-corrected chi connectivity index (χ1v) is 9.21. The van der Waals surface area contributed by atoms with E-state index in [1.165, 1.54) is 0 Å². The maximum absolute atomic E-state index is 10.8. The Hall–Kier alpha value is -0.639. The van der Waals surface area contributed by atoms with Crippen LogP contribution >= 0.6 is 0 Å². The van der Waals surface area contributed by atoms with E-state index in [4.69, 9.17) is 0 Å². The molecule has 0 aliphatic heterocycles. The third-order valence-electron chi connectivity index (χ3n) is 2.27. The van der Waals surface area contributed by atoms with E-state index < -0.39 is 23.0 Å². The smallest absolute Gasteiger partial charge is 0.542 e. The molecular weight excluding hydrogens is 448 g/mol. The van der Waals surface area contributed by atoms with Crippen molar-refractivity contribution in [1.82, 2.24) is 10.6 Å². The van der Waals surface area contributed by atoms with E-state index >= 15 is 0 Å². The van der Waals surface area contributed by atoms with Crippen molar-refractivity contribution < 1.29 is 19.8 Å². The van der Waals surface area contributed by atoms with Gasteiger partial charge in [-0.2, -0.15) is 0 Å². The minimum absolute atomic E-state index is 0. The summed E-state index contributed by atoms with van der Waals surface area (Å²) >= 11 is 0. The molecule has 0 aliphatic carbocycles. The molecule has 0 radical (unpaired) electrons. The number of nitrogens with one attached hydrogen (secondary N) is 2. The van der Waals surface area contributed by atoms with Crippen LogP contribution in [0.5, 0.6) is 0 Å². The van der Waals surface area contributed by atoms with Crippen LogP contribution in [0.1, 0.15) is 83.1 Å². The number of aliphatic carboxylic acids is 2. The van der Waals surface area contributed by atoms with Crippen molar-refractivity contribution in [3.63, 3.8) is 0 Å².